The van der Waals surface area contributed by atoms with E-state index in [2.05, 4.69) is 9.97 Å². The van der Waals surface area contributed by atoms with Crippen LogP contribution in [0.1, 0.15) is 24.1 Å². The second-order valence-electron chi connectivity index (χ2n) is 5.63. The minimum absolute atomic E-state index is 0.127. The van der Waals surface area contributed by atoms with Crippen LogP contribution in [-0.2, 0) is 21.5 Å². The predicted molar refractivity (Wildman–Crippen MR) is 84.0 cm³/mol. The Morgan fingerprint density at radius 1 is 1.22 bits per heavy atom. The third-order valence-corrected chi connectivity index (χ3v) is 4.27. The van der Waals surface area contributed by atoms with Gasteiger partial charge in [0.25, 0.3) is 0 Å². The quantitative estimate of drug-likeness (QED) is 0.913. The molecule has 1 aromatic carbocycles. The highest BCUT2D eigenvalue weighted by molar-refractivity contribution is 5.92. The smallest absolute Gasteiger partial charge is 0.249 e. The average Bonchev–Trinajstić information content (AvgIpc) is 3.03. The maximum Gasteiger partial charge on any atom is 0.249 e. The maximum atomic E-state index is 12.8. The maximum absolute atomic E-state index is 12.8. The summed E-state index contributed by atoms with van der Waals surface area (Å²) in [6.45, 7) is 0.491. The molecule has 23 heavy (non-hydrogen) atoms. The van der Waals surface area contributed by atoms with Crippen LogP contribution in [0, 0.1) is 0 Å². The molecule has 3 rings (SSSR count). The molecule has 0 unspecified atom stereocenters. The molecule has 0 spiro atoms. The van der Waals surface area contributed by atoms with Gasteiger partial charge in [0, 0.05) is 18.9 Å². The van der Waals surface area contributed by atoms with Gasteiger partial charge in [-0.05, 0) is 18.4 Å². The molecular weight excluding hydrogens is 292 g/mol. The van der Waals surface area contributed by atoms with E-state index in [0.717, 1.165) is 5.56 Å². The zero-order chi connectivity index (χ0) is 16.3. The first-order valence-corrected chi connectivity index (χ1v) is 7.55. The number of carbonyl (C=O) groups excluding carboxylic acids is 2. The Hall–Kier alpha value is -2.76. The molecule has 0 radical (unpaired) electrons. The lowest BCUT2D eigenvalue weighted by molar-refractivity contribution is -0.144. The lowest BCUT2D eigenvalue weighted by Gasteiger charge is -2.35. The van der Waals surface area contributed by atoms with Gasteiger partial charge in [-0.1, -0.05) is 30.3 Å². The van der Waals surface area contributed by atoms with Crippen molar-refractivity contribution in [1.82, 2.24) is 14.9 Å². The Balaban J connectivity index is 1.94. The molecule has 1 aliphatic rings. The van der Waals surface area contributed by atoms with Crippen LogP contribution in [-0.4, -0.2) is 33.2 Å². The summed E-state index contributed by atoms with van der Waals surface area (Å²) in [7, 11) is 0. The SMILES string of the molecule is NC(=O)[C@]1(c2cnccn2)CCCN1C(=O)Cc1ccccc1. The molecule has 0 saturated carbocycles. The molecule has 6 heteroatoms. The number of amides is 2. The third kappa shape index (κ3) is 2.67. The van der Waals surface area contributed by atoms with E-state index in [0.29, 0.717) is 25.1 Å². The second kappa shape index (κ2) is 6.16. The van der Waals surface area contributed by atoms with Gasteiger partial charge < -0.3 is 10.6 Å². The summed E-state index contributed by atoms with van der Waals surface area (Å²) in [6.07, 6.45) is 5.97. The van der Waals surface area contributed by atoms with E-state index < -0.39 is 11.4 Å². The highest BCUT2D eigenvalue weighted by atomic mass is 16.2. The first-order chi connectivity index (χ1) is 11.1. The van der Waals surface area contributed by atoms with E-state index in [1.807, 2.05) is 30.3 Å². The van der Waals surface area contributed by atoms with Crippen molar-refractivity contribution >= 4 is 11.8 Å². The third-order valence-electron chi connectivity index (χ3n) is 4.27. The number of carbonyl (C=O) groups is 2. The standard InChI is InChI=1S/C17H18N4O2/c18-16(23)17(14-12-19-8-9-20-14)7-4-10-21(17)15(22)11-13-5-2-1-3-6-13/h1-3,5-6,8-9,12H,4,7,10-11H2,(H2,18,23)/t17-/m1/s1. The summed E-state index contributed by atoms with van der Waals surface area (Å²) in [5.41, 5.74) is 5.83. The van der Waals surface area contributed by atoms with E-state index in [1.54, 1.807) is 4.90 Å². The van der Waals surface area contributed by atoms with Crippen LogP contribution in [0.3, 0.4) is 0 Å². The summed E-state index contributed by atoms with van der Waals surface area (Å²) in [5, 5.41) is 0. The van der Waals surface area contributed by atoms with Crippen molar-refractivity contribution in [2.45, 2.75) is 24.8 Å². The van der Waals surface area contributed by atoms with E-state index in [9.17, 15) is 9.59 Å². The van der Waals surface area contributed by atoms with Gasteiger partial charge in [-0.2, -0.15) is 0 Å². The molecule has 1 aromatic heterocycles. The van der Waals surface area contributed by atoms with E-state index in [1.165, 1.54) is 18.6 Å². The molecule has 1 aliphatic heterocycles. The number of likely N-dealkylation sites (tertiary alicyclic amines) is 1. The zero-order valence-electron chi connectivity index (χ0n) is 12.7. The monoisotopic (exact) mass is 310 g/mol. The van der Waals surface area contributed by atoms with Gasteiger partial charge in [0.15, 0.2) is 5.54 Å². The van der Waals surface area contributed by atoms with Crippen molar-refractivity contribution in [2.75, 3.05) is 6.54 Å². The van der Waals surface area contributed by atoms with Crippen LogP contribution in [0.25, 0.3) is 0 Å². The molecule has 1 fully saturated rings. The highest BCUT2D eigenvalue weighted by Crippen LogP contribution is 2.37. The summed E-state index contributed by atoms with van der Waals surface area (Å²) < 4.78 is 0. The largest absolute Gasteiger partial charge is 0.367 e. The minimum Gasteiger partial charge on any atom is -0.367 e. The number of nitrogens with zero attached hydrogens (tertiary/aromatic N) is 3. The van der Waals surface area contributed by atoms with Crippen LogP contribution in [0.5, 0.6) is 0 Å². The van der Waals surface area contributed by atoms with Crippen LogP contribution in [0.15, 0.2) is 48.9 Å². The number of nitrogens with two attached hydrogens (primary N) is 1. The fourth-order valence-corrected chi connectivity index (χ4v) is 3.18. The van der Waals surface area contributed by atoms with Crippen LogP contribution >= 0.6 is 0 Å². The van der Waals surface area contributed by atoms with Gasteiger partial charge in [0.05, 0.1) is 18.3 Å². The number of aromatic nitrogens is 2. The molecule has 1 atom stereocenters. The number of hydrogen-bond donors (Lipinski definition) is 1. The van der Waals surface area contributed by atoms with Gasteiger partial charge >= 0.3 is 0 Å². The molecule has 0 aliphatic carbocycles. The number of benzene rings is 1. The molecule has 2 aromatic rings. The zero-order valence-corrected chi connectivity index (χ0v) is 12.7. The molecule has 0 bridgehead atoms. The first kappa shape index (κ1) is 15.1. The fourth-order valence-electron chi connectivity index (χ4n) is 3.18. The van der Waals surface area contributed by atoms with Crippen molar-refractivity contribution in [3.63, 3.8) is 0 Å². The number of hydrogen-bond acceptors (Lipinski definition) is 4. The normalized spacial score (nSPS) is 20.4. The summed E-state index contributed by atoms with van der Waals surface area (Å²) in [4.78, 5) is 34.9. The van der Waals surface area contributed by atoms with Crippen LogP contribution in [0.4, 0.5) is 0 Å². The van der Waals surface area contributed by atoms with Crippen molar-refractivity contribution in [3.05, 3.63) is 60.2 Å². The number of rotatable bonds is 4. The first-order valence-electron chi connectivity index (χ1n) is 7.55. The molecule has 1 saturated heterocycles. The molecule has 2 amide bonds. The fraction of sp³-hybridized carbons (Fsp3) is 0.294. The molecule has 118 valence electrons. The minimum atomic E-state index is -1.19. The molecular formula is C17H18N4O2. The number of primary amides is 1. The van der Waals surface area contributed by atoms with Gasteiger partial charge in [0.2, 0.25) is 11.8 Å². The second-order valence-corrected chi connectivity index (χ2v) is 5.63. The average molecular weight is 310 g/mol. The topological polar surface area (TPSA) is 89.2 Å². The Morgan fingerprint density at radius 3 is 2.65 bits per heavy atom. The molecule has 6 nitrogen and oxygen atoms in total. The van der Waals surface area contributed by atoms with Crippen molar-refractivity contribution < 1.29 is 9.59 Å². The van der Waals surface area contributed by atoms with Crippen molar-refractivity contribution in [1.29, 1.82) is 0 Å². The Kier molecular flexibility index (Phi) is 4.06. The summed E-state index contributed by atoms with van der Waals surface area (Å²) in [6, 6.07) is 9.45. The molecule has 2 N–H and O–H groups in total. The summed E-state index contributed by atoms with van der Waals surface area (Å²) in [5.74, 6) is -0.685. The lowest BCUT2D eigenvalue weighted by atomic mass is 9.90. The Morgan fingerprint density at radius 2 is 2.00 bits per heavy atom. The summed E-state index contributed by atoms with van der Waals surface area (Å²) >= 11 is 0. The lowest BCUT2D eigenvalue weighted by Crippen LogP contribution is -2.54. The van der Waals surface area contributed by atoms with Crippen molar-refractivity contribution in [3.8, 4) is 0 Å². The Labute approximate surface area is 134 Å². The van der Waals surface area contributed by atoms with Gasteiger partial charge in [-0.15, -0.1) is 0 Å². The Bertz CT molecular complexity index is 705. The van der Waals surface area contributed by atoms with Crippen LogP contribution in [0.2, 0.25) is 0 Å². The predicted octanol–water partition coefficient (Wildman–Crippen LogP) is 1.02. The van der Waals surface area contributed by atoms with Gasteiger partial charge in [-0.25, -0.2) is 0 Å². The van der Waals surface area contributed by atoms with Gasteiger partial charge in [-0.3, -0.25) is 19.6 Å². The van der Waals surface area contributed by atoms with E-state index in [-0.39, 0.29) is 12.3 Å². The van der Waals surface area contributed by atoms with Crippen molar-refractivity contribution in [2.24, 2.45) is 5.73 Å². The van der Waals surface area contributed by atoms with E-state index >= 15 is 0 Å². The van der Waals surface area contributed by atoms with Gasteiger partial charge in [0.1, 0.15) is 0 Å². The van der Waals surface area contributed by atoms with E-state index in [4.69, 9.17) is 5.73 Å². The molecule has 2 heterocycles. The highest BCUT2D eigenvalue weighted by Gasteiger charge is 2.51. The van der Waals surface area contributed by atoms with Crippen LogP contribution < -0.4 is 5.73 Å².